The van der Waals surface area contributed by atoms with Crippen LogP contribution in [0, 0.1) is 11.6 Å². The molecule has 1 aliphatic rings. The van der Waals surface area contributed by atoms with Crippen LogP contribution in [0.2, 0.25) is 0 Å². The van der Waals surface area contributed by atoms with Gasteiger partial charge in [0.15, 0.2) is 11.6 Å². The second-order valence-electron chi connectivity index (χ2n) is 4.26. The lowest BCUT2D eigenvalue weighted by Crippen LogP contribution is -2.26. The molecular weight excluding hydrogens is 344 g/mol. The Hall–Kier alpha value is -0.730. The van der Waals surface area contributed by atoms with E-state index in [0.717, 1.165) is 18.6 Å². The van der Waals surface area contributed by atoms with E-state index in [1.807, 2.05) is 4.72 Å². The highest BCUT2D eigenvalue weighted by molar-refractivity contribution is 9.10. The summed E-state index contributed by atoms with van der Waals surface area (Å²) < 4.78 is 58.0. The molecule has 1 saturated heterocycles. The highest BCUT2D eigenvalue weighted by atomic mass is 79.9. The summed E-state index contributed by atoms with van der Waals surface area (Å²) in [5.74, 6) is -2.24. The highest BCUT2D eigenvalue weighted by Crippen LogP contribution is 2.25. The molecule has 1 heterocycles. The molecule has 0 aromatic heterocycles. The molecule has 1 atom stereocenters. The second-order valence-corrected chi connectivity index (χ2v) is 6.95. The predicted octanol–water partition coefficient (Wildman–Crippen LogP) is 2.65. The van der Waals surface area contributed by atoms with Gasteiger partial charge in [0.1, 0.15) is 5.69 Å². The molecule has 1 unspecified atom stereocenters. The minimum absolute atomic E-state index is 0.199. The maximum atomic E-state index is 13.5. The number of halogens is 3. The number of rotatable bonds is 4. The molecule has 8 heteroatoms. The second kappa shape index (κ2) is 5.72. The lowest BCUT2D eigenvalue weighted by molar-refractivity contribution is 0.127. The minimum Gasteiger partial charge on any atom is -0.377 e. The predicted molar refractivity (Wildman–Crippen MR) is 70.4 cm³/mol. The van der Waals surface area contributed by atoms with Crippen molar-refractivity contribution < 1.29 is 21.9 Å². The van der Waals surface area contributed by atoms with Crippen molar-refractivity contribution in [1.82, 2.24) is 0 Å². The lowest BCUT2D eigenvalue weighted by Gasteiger charge is -2.13. The standard InChI is InChI=1S/C11H12BrF2NO3S/c12-7-4-9(13)11(10(14)5-7)15-19(16,17)6-8-2-1-3-18-8/h4-5,8,15H,1-3,6H2. The van der Waals surface area contributed by atoms with E-state index < -0.39 is 33.4 Å². The smallest absolute Gasteiger partial charge is 0.235 e. The van der Waals surface area contributed by atoms with Gasteiger partial charge in [0, 0.05) is 11.1 Å². The average Bonchev–Trinajstić information content (AvgIpc) is 2.75. The Kier molecular flexibility index (Phi) is 4.42. The Bertz CT molecular complexity index is 550. The van der Waals surface area contributed by atoms with Gasteiger partial charge in [0.05, 0.1) is 11.9 Å². The fourth-order valence-electron chi connectivity index (χ4n) is 1.86. The van der Waals surface area contributed by atoms with Crippen LogP contribution in [-0.2, 0) is 14.8 Å². The summed E-state index contributed by atoms with van der Waals surface area (Å²) in [6.07, 6.45) is 1.01. The first kappa shape index (κ1) is 14.7. The maximum absolute atomic E-state index is 13.5. The molecule has 19 heavy (non-hydrogen) atoms. The minimum atomic E-state index is -3.85. The average molecular weight is 356 g/mol. The van der Waals surface area contributed by atoms with Gasteiger partial charge in [-0.05, 0) is 25.0 Å². The molecule has 1 N–H and O–H groups in total. The molecule has 0 radical (unpaired) electrons. The van der Waals surface area contributed by atoms with Crippen molar-refractivity contribution in [2.24, 2.45) is 0 Å². The summed E-state index contributed by atoms with van der Waals surface area (Å²) in [5.41, 5.74) is -0.666. The van der Waals surface area contributed by atoms with Gasteiger partial charge in [-0.15, -0.1) is 0 Å². The highest BCUT2D eigenvalue weighted by Gasteiger charge is 2.25. The van der Waals surface area contributed by atoms with Crippen LogP contribution in [0.4, 0.5) is 14.5 Å². The molecular formula is C11H12BrF2NO3S. The molecule has 4 nitrogen and oxygen atoms in total. The first-order chi connectivity index (χ1) is 8.87. The van der Waals surface area contributed by atoms with Gasteiger partial charge in [0.2, 0.25) is 10.0 Å². The molecule has 1 aliphatic heterocycles. The number of nitrogens with one attached hydrogen (secondary N) is 1. The van der Waals surface area contributed by atoms with Gasteiger partial charge in [-0.25, -0.2) is 17.2 Å². The number of anilines is 1. The number of benzene rings is 1. The SMILES string of the molecule is O=S(=O)(CC1CCCO1)Nc1c(F)cc(Br)cc1F. The third-order valence-corrected chi connectivity index (χ3v) is 4.48. The molecule has 1 aromatic carbocycles. The van der Waals surface area contributed by atoms with Crippen molar-refractivity contribution in [1.29, 1.82) is 0 Å². The van der Waals surface area contributed by atoms with Crippen molar-refractivity contribution in [2.75, 3.05) is 17.1 Å². The van der Waals surface area contributed by atoms with Crippen molar-refractivity contribution in [3.8, 4) is 0 Å². The van der Waals surface area contributed by atoms with Crippen molar-refractivity contribution >= 4 is 31.6 Å². The zero-order valence-corrected chi connectivity index (χ0v) is 12.2. The maximum Gasteiger partial charge on any atom is 0.235 e. The lowest BCUT2D eigenvalue weighted by atomic mass is 10.3. The van der Waals surface area contributed by atoms with Crippen LogP contribution in [-0.4, -0.2) is 26.9 Å². The van der Waals surface area contributed by atoms with E-state index in [2.05, 4.69) is 15.9 Å². The third-order valence-electron chi connectivity index (χ3n) is 2.69. The van der Waals surface area contributed by atoms with E-state index in [1.54, 1.807) is 0 Å². The number of hydrogen-bond acceptors (Lipinski definition) is 3. The molecule has 106 valence electrons. The van der Waals surface area contributed by atoms with Crippen LogP contribution in [0.3, 0.4) is 0 Å². The first-order valence-electron chi connectivity index (χ1n) is 5.64. The van der Waals surface area contributed by atoms with Crippen molar-refractivity contribution in [3.63, 3.8) is 0 Å². The molecule has 2 rings (SSSR count). The van der Waals surface area contributed by atoms with Gasteiger partial charge in [-0.1, -0.05) is 15.9 Å². The van der Waals surface area contributed by atoms with E-state index in [9.17, 15) is 17.2 Å². The number of ether oxygens (including phenoxy) is 1. The third kappa shape index (κ3) is 3.87. The summed E-state index contributed by atoms with van der Waals surface area (Å²) in [4.78, 5) is 0. The Morgan fingerprint density at radius 1 is 1.37 bits per heavy atom. The van der Waals surface area contributed by atoms with E-state index in [-0.39, 0.29) is 10.2 Å². The fraction of sp³-hybridized carbons (Fsp3) is 0.455. The first-order valence-corrected chi connectivity index (χ1v) is 8.08. The van der Waals surface area contributed by atoms with Gasteiger partial charge < -0.3 is 4.74 Å². The number of hydrogen-bond donors (Lipinski definition) is 1. The zero-order chi connectivity index (χ0) is 14.0. The summed E-state index contributed by atoms with van der Waals surface area (Å²) in [7, 11) is -3.85. The molecule has 0 aliphatic carbocycles. The molecule has 0 spiro atoms. The van der Waals surface area contributed by atoms with Gasteiger partial charge >= 0.3 is 0 Å². The fourth-order valence-corrected chi connectivity index (χ4v) is 3.60. The summed E-state index contributed by atoms with van der Waals surface area (Å²) in [6.45, 7) is 0.515. The van der Waals surface area contributed by atoms with E-state index in [4.69, 9.17) is 4.74 Å². The molecule has 1 fully saturated rings. The van der Waals surface area contributed by atoms with Crippen LogP contribution in [0.25, 0.3) is 0 Å². The summed E-state index contributed by atoms with van der Waals surface area (Å²) >= 11 is 2.92. The van der Waals surface area contributed by atoms with Gasteiger partial charge in [0.25, 0.3) is 0 Å². The zero-order valence-electron chi connectivity index (χ0n) is 9.83. The van der Waals surface area contributed by atoms with Crippen LogP contribution >= 0.6 is 15.9 Å². The van der Waals surface area contributed by atoms with E-state index in [1.165, 1.54) is 0 Å². The number of sulfonamides is 1. The van der Waals surface area contributed by atoms with Crippen LogP contribution in [0.5, 0.6) is 0 Å². The summed E-state index contributed by atoms with van der Waals surface area (Å²) in [6, 6.07) is 1.99. The normalized spacial score (nSPS) is 19.6. The topological polar surface area (TPSA) is 55.4 Å². The van der Waals surface area contributed by atoms with E-state index >= 15 is 0 Å². The Morgan fingerprint density at radius 2 is 2.00 bits per heavy atom. The van der Waals surface area contributed by atoms with Gasteiger partial charge in [-0.2, -0.15) is 0 Å². The monoisotopic (exact) mass is 355 g/mol. The molecule has 0 amide bonds. The Morgan fingerprint density at radius 3 is 2.53 bits per heavy atom. The molecule has 0 bridgehead atoms. The Balaban J connectivity index is 2.15. The summed E-state index contributed by atoms with van der Waals surface area (Å²) in [5, 5.41) is 0. The van der Waals surface area contributed by atoms with E-state index in [0.29, 0.717) is 13.0 Å². The van der Waals surface area contributed by atoms with Crippen LogP contribution in [0.15, 0.2) is 16.6 Å². The van der Waals surface area contributed by atoms with Crippen molar-refractivity contribution in [2.45, 2.75) is 18.9 Å². The molecule has 1 aromatic rings. The van der Waals surface area contributed by atoms with Crippen molar-refractivity contribution in [3.05, 3.63) is 28.2 Å². The Labute approximate surface area is 118 Å². The van der Waals surface area contributed by atoms with Crippen LogP contribution in [0.1, 0.15) is 12.8 Å². The molecule has 0 saturated carbocycles. The quantitative estimate of drug-likeness (QED) is 0.903. The van der Waals surface area contributed by atoms with Crippen LogP contribution < -0.4 is 4.72 Å². The largest absolute Gasteiger partial charge is 0.377 e. The van der Waals surface area contributed by atoms with Gasteiger partial charge in [-0.3, -0.25) is 4.72 Å².